The van der Waals surface area contributed by atoms with Gasteiger partial charge in [-0.2, -0.15) is 0 Å². The normalized spacial score (nSPS) is 18.7. The fraction of sp³-hybridized carbons (Fsp3) is 0.500. The van der Waals surface area contributed by atoms with Crippen molar-refractivity contribution in [2.75, 3.05) is 18.5 Å². The van der Waals surface area contributed by atoms with Gasteiger partial charge in [0.05, 0.1) is 12.3 Å². The molecule has 0 aliphatic carbocycles. The Balaban J connectivity index is 1.82. The molecule has 2 heterocycles. The van der Waals surface area contributed by atoms with Crippen LogP contribution >= 0.6 is 44.1 Å². The summed E-state index contributed by atoms with van der Waals surface area (Å²) in [5, 5.41) is 6.61. The second-order valence-corrected chi connectivity index (χ2v) is 5.77. The summed E-state index contributed by atoms with van der Waals surface area (Å²) >= 11 is 11.7. The minimum absolute atomic E-state index is 0.254. The number of hydrogen-bond acceptors (Lipinski definition) is 4. The third kappa shape index (κ3) is 4.11. The highest BCUT2D eigenvalue weighted by Crippen LogP contribution is 2.19. The summed E-state index contributed by atoms with van der Waals surface area (Å²) in [4.78, 5) is 8.33. The number of hydrogen-bond donors (Lipinski definition) is 2. The van der Waals surface area contributed by atoms with E-state index < -0.39 is 0 Å². The molecule has 2 rings (SSSR count). The number of halogens is 2. The average molecular weight is 396 g/mol. The lowest BCUT2D eigenvalue weighted by molar-refractivity contribution is 0.114. The molecule has 1 aliphatic heterocycles. The molecule has 2 N–H and O–H groups in total. The molecule has 0 saturated carbocycles. The Labute approximate surface area is 127 Å². The molecule has 1 unspecified atom stereocenters. The van der Waals surface area contributed by atoms with Crippen LogP contribution in [0.2, 0.25) is 0 Å². The lowest BCUT2D eigenvalue weighted by atomic mass is 10.2. The van der Waals surface area contributed by atoms with Gasteiger partial charge in [0.2, 0.25) is 0 Å². The third-order valence-electron chi connectivity index (χ3n) is 2.45. The molecule has 1 saturated heterocycles. The number of aromatic nitrogens is 2. The van der Waals surface area contributed by atoms with Crippen LogP contribution in [0.3, 0.4) is 0 Å². The Bertz CT molecular complexity index is 440. The molecule has 1 aromatic heterocycles. The van der Waals surface area contributed by atoms with E-state index in [1.54, 1.807) is 6.20 Å². The van der Waals surface area contributed by atoms with E-state index in [1.165, 1.54) is 0 Å². The number of thiocarbonyl (C=S) groups is 1. The molecule has 0 spiro atoms. The van der Waals surface area contributed by atoms with Gasteiger partial charge in [-0.1, -0.05) is 0 Å². The largest absolute Gasteiger partial charge is 0.376 e. The van der Waals surface area contributed by atoms with Crippen LogP contribution < -0.4 is 10.6 Å². The molecule has 5 nitrogen and oxygen atoms in total. The highest BCUT2D eigenvalue weighted by molar-refractivity contribution is 9.11. The lowest BCUT2D eigenvalue weighted by Gasteiger charge is -2.13. The summed E-state index contributed by atoms with van der Waals surface area (Å²) in [6, 6.07) is 0. The fourth-order valence-corrected chi connectivity index (χ4v) is 2.68. The summed E-state index contributed by atoms with van der Waals surface area (Å²) in [6.45, 7) is 1.56. The van der Waals surface area contributed by atoms with Gasteiger partial charge in [0, 0.05) is 13.2 Å². The maximum atomic E-state index is 5.50. The van der Waals surface area contributed by atoms with E-state index in [0.29, 0.717) is 26.7 Å². The van der Waals surface area contributed by atoms with Crippen LogP contribution in [-0.2, 0) is 4.74 Å². The smallest absolute Gasteiger partial charge is 0.172 e. The van der Waals surface area contributed by atoms with Crippen LogP contribution in [0.25, 0.3) is 0 Å². The fourth-order valence-electron chi connectivity index (χ4n) is 1.59. The molecular formula is C10H12Br2N4OS. The first-order chi connectivity index (χ1) is 8.65. The summed E-state index contributed by atoms with van der Waals surface area (Å²) in [5.74, 6) is 0.586. The highest BCUT2D eigenvalue weighted by Gasteiger charge is 2.15. The van der Waals surface area contributed by atoms with E-state index in [0.717, 1.165) is 19.4 Å². The standard InChI is InChI=1S/C10H12Br2N4OS/c11-7-5-13-9(8(12)15-7)16-10(18)14-4-6-2-1-3-17-6/h5-6H,1-4H2,(H2,13,14,16,18). The Morgan fingerprint density at radius 1 is 1.56 bits per heavy atom. The predicted octanol–water partition coefficient (Wildman–Crippen LogP) is 2.47. The van der Waals surface area contributed by atoms with Gasteiger partial charge >= 0.3 is 0 Å². The quantitative estimate of drug-likeness (QED) is 0.766. The minimum atomic E-state index is 0.254. The molecular weight excluding hydrogens is 384 g/mol. The number of nitrogens with zero attached hydrogens (tertiary/aromatic N) is 2. The molecule has 0 aromatic carbocycles. The van der Waals surface area contributed by atoms with Crippen molar-refractivity contribution in [2.45, 2.75) is 18.9 Å². The van der Waals surface area contributed by atoms with Gasteiger partial charge in [-0.05, 0) is 56.9 Å². The van der Waals surface area contributed by atoms with E-state index in [-0.39, 0.29) is 6.10 Å². The van der Waals surface area contributed by atoms with Crippen molar-refractivity contribution in [3.8, 4) is 0 Å². The molecule has 8 heteroatoms. The van der Waals surface area contributed by atoms with E-state index in [4.69, 9.17) is 17.0 Å². The second-order valence-electron chi connectivity index (χ2n) is 3.80. The molecule has 1 atom stereocenters. The highest BCUT2D eigenvalue weighted by atomic mass is 79.9. The first-order valence-electron chi connectivity index (χ1n) is 5.49. The number of ether oxygens (including phenoxy) is 1. The Hall–Kier alpha value is -0.310. The van der Waals surface area contributed by atoms with Crippen LogP contribution in [0.5, 0.6) is 0 Å². The molecule has 0 bridgehead atoms. The van der Waals surface area contributed by atoms with E-state index in [1.807, 2.05) is 0 Å². The van der Waals surface area contributed by atoms with Crippen molar-refractivity contribution in [3.05, 3.63) is 15.4 Å². The molecule has 0 amide bonds. The van der Waals surface area contributed by atoms with Crippen LogP contribution in [0.15, 0.2) is 15.4 Å². The van der Waals surface area contributed by atoms with E-state index in [9.17, 15) is 0 Å². The topological polar surface area (TPSA) is 59.1 Å². The van der Waals surface area contributed by atoms with Gasteiger partial charge in [0.25, 0.3) is 0 Å². The SMILES string of the molecule is S=C(NCC1CCCO1)Nc1ncc(Br)nc1Br. The zero-order valence-corrected chi connectivity index (χ0v) is 13.4. The van der Waals surface area contributed by atoms with Crippen molar-refractivity contribution in [2.24, 2.45) is 0 Å². The van der Waals surface area contributed by atoms with Gasteiger partial charge in [-0.3, -0.25) is 0 Å². The zero-order chi connectivity index (χ0) is 13.0. The Morgan fingerprint density at radius 2 is 2.39 bits per heavy atom. The Morgan fingerprint density at radius 3 is 3.06 bits per heavy atom. The molecule has 1 aromatic rings. The molecule has 18 heavy (non-hydrogen) atoms. The van der Waals surface area contributed by atoms with Crippen molar-refractivity contribution >= 4 is 55.0 Å². The van der Waals surface area contributed by atoms with Crippen LogP contribution in [0.4, 0.5) is 5.82 Å². The van der Waals surface area contributed by atoms with Crippen LogP contribution in [0.1, 0.15) is 12.8 Å². The minimum Gasteiger partial charge on any atom is -0.376 e. The summed E-state index contributed by atoms with van der Waals surface area (Å²) < 4.78 is 6.77. The summed E-state index contributed by atoms with van der Waals surface area (Å²) in [6.07, 6.45) is 4.06. The lowest BCUT2D eigenvalue weighted by Crippen LogP contribution is -2.35. The maximum absolute atomic E-state index is 5.50. The maximum Gasteiger partial charge on any atom is 0.172 e. The van der Waals surface area contributed by atoms with Crippen molar-refractivity contribution in [3.63, 3.8) is 0 Å². The summed E-state index contributed by atoms with van der Waals surface area (Å²) in [7, 11) is 0. The summed E-state index contributed by atoms with van der Waals surface area (Å²) in [5.41, 5.74) is 0. The average Bonchev–Trinajstić information content (AvgIpc) is 2.83. The molecule has 0 radical (unpaired) electrons. The van der Waals surface area contributed by atoms with Crippen LogP contribution in [0, 0.1) is 0 Å². The molecule has 98 valence electrons. The van der Waals surface area contributed by atoms with Gasteiger partial charge in [0.15, 0.2) is 10.9 Å². The van der Waals surface area contributed by atoms with Crippen molar-refractivity contribution < 1.29 is 4.74 Å². The van der Waals surface area contributed by atoms with E-state index in [2.05, 4.69) is 52.5 Å². The van der Waals surface area contributed by atoms with Crippen LogP contribution in [-0.4, -0.2) is 34.3 Å². The monoisotopic (exact) mass is 394 g/mol. The Kier molecular flexibility index (Phi) is 5.28. The first kappa shape index (κ1) is 14.1. The van der Waals surface area contributed by atoms with Gasteiger partial charge in [0.1, 0.15) is 9.21 Å². The van der Waals surface area contributed by atoms with Crippen molar-refractivity contribution in [1.82, 2.24) is 15.3 Å². The van der Waals surface area contributed by atoms with Gasteiger partial charge < -0.3 is 15.4 Å². The molecule has 1 aliphatic rings. The van der Waals surface area contributed by atoms with Gasteiger partial charge in [-0.25, -0.2) is 9.97 Å². The molecule has 1 fully saturated rings. The van der Waals surface area contributed by atoms with Crippen molar-refractivity contribution in [1.29, 1.82) is 0 Å². The zero-order valence-electron chi connectivity index (χ0n) is 9.45. The van der Waals surface area contributed by atoms with E-state index >= 15 is 0 Å². The number of nitrogens with one attached hydrogen (secondary N) is 2. The van der Waals surface area contributed by atoms with Gasteiger partial charge in [-0.15, -0.1) is 0 Å². The number of anilines is 1. The second kappa shape index (κ2) is 6.74. The predicted molar refractivity (Wildman–Crippen MR) is 80.6 cm³/mol. The third-order valence-corrected chi connectivity index (χ3v) is 3.63. The number of rotatable bonds is 3. The first-order valence-corrected chi connectivity index (χ1v) is 7.49.